The van der Waals surface area contributed by atoms with Gasteiger partial charge in [-0.3, -0.25) is 0 Å². The molecule has 21 heavy (non-hydrogen) atoms. The van der Waals surface area contributed by atoms with Gasteiger partial charge in [-0.1, -0.05) is 44.7 Å². The van der Waals surface area contributed by atoms with Gasteiger partial charge < -0.3 is 5.73 Å². The number of unbranched alkanes of at least 4 members (excludes halogenated alkanes) is 1. The first-order valence-corrected chi connectivity index (χ1v) is 8.92. The first-order valence-electron chi connectivity index (χ1n) is 7.06. The van der Waals surface area contributed by atoms with Crippen molar-refractivity contribution in [2.24, 2.45) is 5.92 Å². The van der Waals surface area contributed by atoms with Crippen LogP contribution in [0.1, 0.15) is 39.5 Å². The number of hydrogen-bond donors (Lipinski definition) is 2. The molecule has 3 N–H and O–H groups in total. The summed E-state index contributed by atoms with van der Waals surface area (Å²) >= 11 is 5.75. The third-order valence-corrected chi connectivity index (χ3v) is 5.07. The maximum atomic E-state index is 13.9. The third-order valence-electron chi connectivity index (χ3n) is 3.43. The number of sulfonamides is 1. The van der Waals surface area contributed by atoms with Crippen LogP contribution in [0.15, 0.2) is 17.0 Å². The molecular weight excluding hydrogens is 315 g/mol. The highest BCUT2D eigenvalue weighted by Crippen LogP contribution is 2.25. The van der Waals surface area contributed by atoms with E-state index >= 15 is 0 Å². The molecule has 0 bridgehead atoms. The standard InChI is InChI=1S/C14H22ClFN2O2S/c1-3-5-6-10(4-2)9-18-21(19,20)13-8-11(15)7-12(17)14(13)16/h7-8,10,18H,3-6,9,17H2,1-2H3. The number of rotatable bonds is 8. The Balaban J connectivity index is 2.87. The monoisotopic (exact) mass is 336 g/mol. The van der Waals surface area contributed by atoms with Crippen LogP contribution in [0.4, 0.5) is 10.1 Å². The van der Waals surface area contributed by atoms with Gasteiger partial charge in [-0.05, 0) is 24.5 Å². The summed E-state index contributed by atoms with van der Waals surface area (Å²) in [6.07, 6.45) is 3.90. The first-order chi connectivity index (χ1) is 9.81. The van der Waals surface area contributed by atoms with Crippen molar-refractivity contribution in [3.8, 4) is 0 Å². The third kappa shape index (κ3) is 5.13. The molecule has 0 aliphatic carbocycles. The van der Waals surface area contributed by atoms with Crippen molar-refractivity contribution in [1.82, 2.24) is 4.72 Å². The van der Waals surface area contributed by atoms with E-state index in [9.17, 15) is 12.8 Å². The Labute approximate surface area is 130 Å². The van der Waals surface area contributed by atoms with E-state index in [1.165, 1.54) is 6.07 Å². The maximum absolute atomic E-state index is 13.9. The molecule has 1 rings (SSSR count). The summed E-state index contributed by atoms with van der Waals surface area (Å²) in [5.74, 6) is -0.729. The topological polar surface area (TPSA) is 72.2 Å². The second-order valence-electron chi connectivity index (χ2n) is 5.08. The number of nitrogen functional groups attached to an aromatic ring is 1. The van der Waals surface area contributed by atoms with Crippen LogP contribution in [-0.4, -0.2) is 15.0 Å². The van der Waals surface area contributed by atoms with Gasteiger partial charge in [-0.15, -0.1) is 0 Å². The molecule has 7 heteroatoms. The SMILES string of the molecule is CCCCC(CC)CNS(=O)(=O)c1cc(Cl)cc(N)c1F. The van der Waals surface area contributed by atoms with Crippen LogP contribution < -0.4 is 10.5 Å². The zero-order valence-electron chi connectivity index (χ0n) is 12.3. The van der Waals surface area contributed by atoms with E-state index in [0.717, 1.165) is 31.7 Å². The minimum absolute atomic E-state index is 0.0901. The molecule has 1 aromatic carbocycles. The molecule has 0 spiro atoms. The summed E-state index contributed by atoms with van der Waals surface area (Å²) in [4.78, 5) is -0.502. The molecule has 1 aromatic rings. The largest absolute Gasteiger partial charge is 0.396 e. The van der Waals surface area contributed by atoms with Gasteiger partial charge in [0.05, 0.1) is 5.69 Å². The highest BCUT2D eigenvalue weighted by Gasteiger charge is 2.22. The van der Waals surface area contributed by atoms with Crippen molar-refractivity contribution < 1.29 is 12.8 Å². The minimum atomic E-state index is -3.96. The Kier molecular flexibility index (Phi) is 6.90. The molecule has 1 atom stereocenters. The molecule has 0 radical (unpaired) electrons. The lowest BCUT2D eigenvalue weighted by Crippen LogP contribution is -2.30. The highest BCUT2D eigenvalue weighted by molar-refractivity contribution is 7.89. The Morgan fingerprint density at radius 1 is 1.38 bits per heavy atom. The highest BCUT2D eigenvalue weighted by atomic mass is 35.5. The molecule has 0 saturated carbocycles. The van der Waals surface area contributed by atoms with Crippen molar-refractivity contribution in [3.63, 3.8) is 0 Å². The van der Waals surface area contributed by atoms with Crippen molar-refractivity contribution in [1.29, 1.82) is 0 Å². The summed E-state index contributed by atoms with van der Waals surface area (Å²) in [6, 6.07) is 2.26. The molecule has 0 aliphatic rings. The van der Waals surface area contributed by atoms with Gasteiger partial charge in [0.2, 0.25) is 10.0 Å². The summed E-state index contributed by atoms with van der Waals surface area (Å²) < 4.78 is 40.7. The van der Waals surface area contributed by atoms with Crippen LogP contribution in [0, 0.1) is 11.7 Å². The zero-order valence-corrected chi connectivity index (χ0v) is 13.9. The minimum Gasteiger partial charge on any atom is -0.396 e. The lowest BCUT2D eigenvalue weighted by Gasteiger charge is -2.16. The summed E-state index contributed by atoms with van der Waals surface area (Å²) in [7, 11) is -3.96. The number of anilines is 1. The van der Waals surface area contributed by atoms with Gasteiger partial charge in [0, 0.05) is 11.6 Å². The second-order valence-corrected chi connectivity index (χ2v) is 7.25. The van der Waals surface area contributed by atoms with Crippen molar-refractivity contribution in [2.45, 2.75) is 44.4 Å². The quantitative estimate of drug-likeness (QED) is 0.713. The number of nitrogens with two attached hydrogens (primary N) is 1. The Bertz CT molecular complexity index is 579. The van der Waals surface area contributed by atoms with Crippen LogP contribution in [0.2, 0.25) is 5.02 Å². The van der Waals surface area contributed by atoms with E-state index in [-0.39, 0.29) is 23.2 Å². The Morgan fingerprint density at radius 2 is 2.05 bits per heavy atom. The fourth-order valence-electron chi connectivity index (χ4n) is 2.03. The predicted octanol–water partition coefficient (Wildman–Crippen LogP) is 3.56. The summed E-state index contributed by atoms with van der Waals surface area (Å²) in [5.41, 5.74) is 5.14. The zero-order chi connectivity index (χ0) is 16.0. The van der Waals surface area contributed by atoms with Crippen molar-refractivity contribution in [2.75, 3.05) is 12.3 Å². The van der Waals surface area contributed by atoms with Crippen LogP contribution >= 0.6 is 11.6 Å². The lowest BCUT2D eigenvalue weighted by atomic mass is 10.00. The molecule has 1 unspecified atom stereocenters. The predicted molar refractivity (Wildman–Crippen MR) is 84.3 cm³/mol. The molecule has 4 nitrogen and oxygen atoms in total. The normalized spacial score (nSPS) is 13.3. The van der Waals surface area contributed by atoms with Crippen molar-refractivity contribution >= 4 is 27.3 Å². The molecule has 0 aromatic heterocycles. The van der Waals surface area contributed by atoms with E-state index in [1.807, 2.05) is 6.92 Å². The average molecular weight is 337 g/mol. The van der Waals surface area contributed by atoms with Crippen LogP contribution in [-0.2, 0) is 10.0 Å². The number of hydrogen-bond acceptors (Lipinski definition) is 3. The van der Waals surface area contributed by atoms with Crippen LogP contribution in [0.3, 0.4) is 0 Å². The smallest absolute Gasteiger partial charge is 0.243 e. The van der Waals surface area contributed by atoms with Gasteiger partial charge in [0.25, 0.3) is 0 Å². The molecule has 0 aliphatic heterocycles. The van der Waals surface area contributed by atoms with Gasteiger partial charge >= 0.3 is 0 Å². The van der Waals surface area contributed by atoms with E-state index in [2.05, 4.69) is 11.6 Å². The first kappa shape index (κ1) is 18.2. The molecule has 0 heterocycles. The maximum Gasteiger partial charge on any atom is 0.243 e. The molecular formula is C14H22ClFN2O2S. The molecule has 120 valence electrons. The average Bonchev–Trinajstić information content (AvgIpc) is 2.43. The number of halogens is 2. The second kappa shape index (κ2) is 7.96. The molecule has 0 amide bonds. The lowest BCUT2D eigenvalue weighted by molar-refractivity contribution is 0.443. The fourth-order valence-corrected chi connectivity index (χ4v) is 3.57. The molecule has 0 saturated heterocycles. The summed E-state index contributed by atoms with van der Waals surface area (Å²) in [6.45, 7) is 4.37. The van der Waals surface area contributed by atoms with E-state index in [0.29, 0.717) is 0 Å². The Hall–Kier alpha value is -0.850. The Morgan fingerprint density at radius 3 is 2.62 bits per heavy atom. The van der Waals surface area contributed by atoms with Gasteiger partial charge in [0.1, 0.15) is 4.90 Å². The van der Waals surface area contributed by atoms with E-state index in [4.69, 9.17) is 17.3 Å². The van der Waals surface area contributed by atoms with Crippen molar-refractivity contribution in [3.05, 3.63) is 23.0 Å². The van der Waals surface area contributed by atoms with Crippen LogP contribution in [0.25, 0.3) is 0 Å². The van der Waals surface area contributed by atoms with Gasteiger partial charge in [-0.25, -0.2) is 17.5 Å². The number of benzene rings is 1. The van der Waals surface area contributed by atoms with E-state index in [1.54, 1.807) is 0 Å². The van der Waals surface area contributed by atoms with Gasteiger partial charge in [-0.2, -0.15) is 0 Å². The van der Waals surface area contributed by atoms with Gasteiger partial charge in [0.15, 0.2) is 5.82 Å². The fraction of sp³-hybridized carbons (Fsp3) is 0.571. The van der Waals surface area contributed by atoms with Crippen LogP contribution in [0.5, 0.6) is 0 Å². The van der Waals surface area contributed by atoms with E-state index < -0.39 is 20.7 Å². The number of nitrogens with one attached hydrogen (secondary N) is 1. The molecule has 0 fully saturated rings. The summed E-state index contributed by atoms with van der Waals surface area (Å²) in [5, 5.41) is 0.0901.